The molecule has 2 fully saturated rings. The second-order valence-corrected chi connectivity index (χ2v) is 6.52. The first-order chi connectivity index (χ1) is 12.1. The van der Waals surface area contributed by atoms with Gasteiger partial charge in [0.25, 0.3) is 5.91 Å². The van der Waals surface area contributed by atoms with Crippen LogP contribution in [0.15, 0.2) is 30.6 Å². The maximum Gasteiger partial charge on any atom is 0.291 e. The number of amides is 2. The molecule has 3 heterocycles. The lowest BCUT2D eigenvalue weighted by atomic mass is 10.0. The van der Waals surface area contributed by atoms with E-state index in [1.165, 1.54) is 12.4 Å². The number of carbonyl (C=O) groups excluding carboxylic acids is 2. The number of nitrogens with zero attached hydrogens (tertiary/aromatic N) is 4. The zero-order valence-corrected chi connectivity index (χ0v) is 13.6. The molecular weight excluding hydrogens is 325 g/mol. The van der Waals surface area contributed by atoms with Crippen molar-refractivity contribution in [3.8, 4) is 0 Å². The summed E-state index contributed by atoms with van der Waals surface area (Å²) in [4.78, 5) is 32.4. The van der Waals surface area contributed by atoms with Crippen LogP contribution in [0, 0.1) is 11.7 Å². The van der Waals surface area contributed by atoms with Crippen LogP contribution in [-0.4, -0.2) is 62.5 Å². The van der Waals surface area contributed by atoms with Crippen LogP contribution >= 0.6 is 0 Å². The highest BCUT2D eigenvalue weighted by Gasteiger charge is 2.45. The highest BCUT2D eigenvalue weighted by Crippen LogP contribution is 2.32. The second kappa shape index (κ2) is 6.27. The molecule has 2 atom stereocenters. The first-order valence-corrected chi connectivity index (χ1v) is 8.31. The van der Waals surface area contributed by atoms with E-state index >= 15 is 0 Å². The SMILES string of the molecule is O=C(c1ncn[nH]1)N1C[C@@H]2CCN(C(=O)Cc3ccccc3F)[C@@H]2C1. The molecule has 8 heteroatoms. The summed E-state index contributed by atoms with van der Waals surface area (Å²) in [6.07, 6.45) is 2.20. The summed E-state index contributed by atoms with van der Waals surface area (Å²) >= 11 is 0. The number of benzene rings is 1. The Morgan fingerprint density at radius 1 is 1.28 bits per heavy atom. The minimum absolute atomic E-state index is 0.00820. The zero-order valence-electron chi connectivity index (χ0n) is 13.6. The van der Waals surface area contributed by atoms with Gasteiger partial charge in [0.2, 0.25) is 11.7 Å². The Morgan fingerprint density at radius 3 is 2.88 bits per heavy atom. The second-order valence-electron chi connectivity index (χ2n) is 6.52. The van der Waals surface area contributed by atoms with Gasteiger partial charge in [-0.2, -0.15) is 5.10 Å². The van der Waals surface area contributed by atoms with Crippen LogP contribution < -0.4 is 0 Å². The number of aromatic amines is 1. The molecule has 130 valence electrons. The monoisotopic (exact) mass is 343 g/mol. The average Bonchev–Trinajstić information content (AvgIpc) is 3.32. The number of hydrogen-bond donors (Lipinski definition) is 1. The lowest BCUT2D eigenvalue weighted by Crippen LogP contribution is -2.41. The number of nitrogens with one attached hydrogen (secondary N) is 1. The van der Waals surface area contributed by atoms with E-state index in [0.29, 0.717) is 25.2 Å². The van der Waals surface area contributed by atoms with E-state index < -0.39 is 0 Å². The van der Waals surface area contributed by atoms with E-state index in [2.05, 4.69) is 15.2 Å². The van der Waals surface area contributed by atoms with Crippen molar-refractivity contribution in [3.63, 3.8) is 0 Å². The van der Waals surface area contributed by atoms with Crippen LogP contribution in [0.5, 0.6) is 0 Å². The van der Waals surface area contributed by atoms with Crippen LogP contribution in [0.25, 0.3) is 0 Å². The summed E-state index contributed by atoms with van der Waals surface area (Å²) in [5.41, 5.74) is 0.406. The van der Waals surface area contributed by atoms with Crippen LogP contribution in [0.4, 0.5) is 4.39 Å². The lowest BCUT2D eigenvalue weighted by Gasteiger charge is -2.25. The van der Waals surface area contributed by atoms with Gasteiger partial charge in [-0.3, -0.25) is 14.7 Å². The fourth-order valence-electron chi connectivity index (χ4n) is 3.80. The predicted octanol–water partition coefficient (Wildman–Crippen LogP) is 0.859. The molecular formula is C17H18FN5O2. The van der Waals surface area contributed by atoms with E-state index in [-0.39, 0.29) is 41.8 Å². The van der Waals surface area contributed by atoms with Crippen molar-refractivity contribution in [1.29, 1.82) is 0 Å². The van der Waals surface area contributed by atoms with Crippen molar-refractivity contribution >= 4 is 11.8 Å². The average molecular weight is 343 g/mol. The number of carbonyl (C=O) groups is 2. The van der Waals surface area contributed by atoms with Gasteiger partial charge in [-0.15, -0.1) is 0 Å². The van der Waals surface area contributed by atoms with E-state index in [1.807, 2.05) is 0 Å². The van der Waals surface area contributed by atoms with Crippen molar-refractivity contribution in [1.82, 2.24) is 25.0 Å². The number of aromatic nitrogens is 3. The molecule has 2 aliphatic heterocycles. The molecule has 2 saturated heterocycles. The van der Waals surface area contributed by atoms with Gasteiger partial charge in [0.1, 0.15) is 12.1 Å². The number of halogens is 1. The van der Waals surface area contributed by atoms with E-state index in [0.717, 1.165) is 6.42 Å². The lowest BCUT2D eigenvalue weighted by molar-refractivity contribution is -0.131. The Balaban J connectivity index is 1.44. The highest BCUT2D eigenvalue weighted by atomic mass is 19.1. The summed E-state index contributed by atoms with van der Waals surface area (Å²) in [6, 6.07) is 6.33. The molecule has 7 nitrogen and oxygen atoms in total. The molecule has 2 aliphatic rings. The van der Waals surface area contributed by atoms with Crippen LogP contribution in [0.3, 0.4) is 0 Å². The maximum atomic E-state index is 13.8. The van der Waals surface area contributed by atoms with Gasteiger partial charge in [0.05, 0.1) is 12.5 Å². The Hall–Kier alpha value is -2.77. The van der Waals surface area contributed by atoms with Crippen LogP contribution in [0.2, 0.25) is 0 Å². The Morgan fingerprint density at radius 2 is 2.12 bits per heavy atom. The normalized spacial score (nSPS) is 22.3. The summed E-state index contributed by atoms with van der Waals surface area (Å²) in [7, 11) is 0. The molecule has 0 spiro atoms. The van der Waals surface area contributed by atoms with Crippen molar-refractivity contribution < 1.29 is 14.0 Å². The number of likely N-dealkylation sites (tertiary alicyclic amines) is 2. The maximum absolute atomic E-state index is 13.8. The molecule has 0 bridgehead atoms. The van der Waals surface area contributed by atoms with Gasteiger partial charge in [-0.25, -0.2) is 9.37 Å². The number of fused-ring (bicyclic) bond motifs is 1. The molecule has 25 heavy (non-hydrogen) atoms. The Labute approximate surface area is 143 Å². The van der Waals surface area contributed by atoms with Gasteiger partial charge in [0.15, 0.2) is 0 Å². The number of rotatable bonds is 3. The fourth-order valence-corrected chi connectivity index (χ4v) is 3.80. The number of H-pyrrole nitrogens is 1. The molecule has 2 amide bonds. The molecule has 2 aromatic rings. The molecule has 4 rings (SSSR count). The molecule has 1 aromatic carbocycles. The van der Waals surface area contributed by atoms with E-state index in [1.54, 1.807) is 28.0 Å². The molecule has 0 unspecified atom stereocenters. The highest BCUT2D eigenvalue weighted by molar-refractivity contribution is 5.90. The largest absolute Gasteiger partial charge is 0.337 e. The third kappa shape index (κ3) is 2.88. The van der Waals surface area contributed by atoms with Crippen molar-refractivity contribution in [2.24, 2.45) is 5.92 Å². The van der Waals surface area contributed by atoms with E-state index in [4.69, 9.17) is 0 Å². The standard InChI is InChI=1S/C17H18FN5O2/c18-13-4-2-1-3-11(13)7-15(24)23-6-5-12-8-22(9-14(12)23)17(25)16-19-10-20-21-16/h1-4,10,12,14H,5-9H2,(H,19,20,21)/t12-,14+/m0/s1. The summed E-state index contributed by atoms with van der Waals surface area (Å²) < 4.78 is 13.8. The Bertz CT molecular complexity index is 794. The van der Waals surface area contributed by atoms with Crippen LogP contribution in [0.1, 0.15) is 22.6 Å². The van der Waals surface area contributed by atoms with Gasteiger partial charge in [-0.05, 0) is 18.1 Å². The van der Waals surface area contributed by atoms with Crippen molar-refractivity contribution in [2.75, 3.05) is 19.6 Å². The van der Waals surface area contributed by atoms with Gasteiger partial charge >= 0.3 is 0 Å². The topological polar surface area (TPSA) is 82.2 Å². The van der Waals surface area contributed by atoms with Crippen molar-refractivity contribution in [2.45, 2.75) is 18.9 Å². The minimum atomic E-state index is -0.361. The quantitative estimate of drug-likeness (QED) is 0.896. The smallest absolute Gasteiger partial charge is 0.291 e. The van der Waals surface area contributed by atoms with Gasteiger partial charge in [0, 0.05) is 25.6 Å². The fraction of sp³-hybridized carbons (Fsp3) is 0.412. The minimum Gasteiger partial charge on any atom is -0.337 e. The summed E-state index contributed by atoms with van der Waals surface area (Å²) in [5, 5.41) is 6.28. The predicted molar refractivity (Wildman–Crippen MR) is 86.0 cm³/mol. The summed E-state index contributed by atoms with van der Waals surface area (Å²) in [5.74, 6) is -0.180. The Kier molecular flexibility index (Phi) is 3.95. The zero-order chi connectivity index (χ0) is 17.4. The van der Waals surface area contributed by atoms with Crippen molar-refractivity contribution in [3.05, 3.63) is 47.8 Å². The third-order valence-corrected chi connectivity index (χ3v) is 5.07. The molecule has 1 aromatic heterocycles. The molecule has 0 saturated carbocycles. The van der Waals surface area contributed by atoms with E-state index in [9.17, 15) is 14.0 Å². The third-order valence-electron chi connectivity index (χ3n) is 5.07. The first-order valence-electron chi connectivity index (χ1n) is 8.31. The van der Waals surface area contributed by atoms with Crippen LogP contribution in [-0.2, 0) is 11.2 Å². The first kappa shape index (κ1) is 15.7. The molecule has 1 N–H and O–H groups in total. The number of hydrogen-bond acceptors (Lipinski definition) is 4. The summed E-state index contributed by atoms with van der Waals surface area (Å²) in [6.45, 7) is 1.74. The van der Waals surface area contributed by atoms with Gasteiger partial charge < -0.3 is 9.80 Å². The molecule has 0 radical (unpaired) electrons. The van der Waals surface area contributed by atoms with Gasteiger partial charge in [-0.1, -0.05) is 18.2 Å². The molecule has 0 aliphatic carbocycles.